The number of carbonyl (C=O) groups is 3. The van der Waals surface area contributed by atoms with Crippen LogP contribution >= 0.6 is 0 Å². The third kappa shape index (κ3) is 10.6. The highest BCUT2D eigenvalue weighted by Gasteiger charge is 2.07. The summed E-state index contributed by atoms with van der Waals surface area (Å²) < 4.78 is 4.38. The van der Waals surface area contributed by atoms with Crippen LogP contribution in [-0.2, 0) is 19.1 Å². The molecule has 0 aliphatic carbocycles. The van der Waals surface area contributed by atoms with Gasteiger partial charge in [-0.3, -0.25) is 4.79 Å². The molecule has 0 aromatic carbocycles. The van der Waals surface area contributed by atoms with Crippen molar-refractivity contribution in [3.05, 3.63) is 12.2 Å². The highest BCUT2D eigenvalue weighted by Crippen LogP contribution is 2.05. The van der Waals surface area contributed by atoms with Gasteiger partial charge in [-0.05, 0) is 6.42 Å². The molecule has 0 heterocycles. The second-order valence-electron chi connectivity index (χ2n) is 3.63. The Hall–Kier alpha value is -1.65. The van der Waals surface area contributed by atoms with E-state index in [0.29, 0.717) is 12.5 Å². The molecule has 0 bridgehead atoms. The maximum Gasteiger partial charge on any atom is 0.338 e. The van der Waals surface area contributed by atoms with E-state index in [1.165, 1.54) is 0 Å². The van der Waals surface area contributed by atoms with Gasteiger partial charge in [-0.2, -0.15) is 0 Å². The number of rotatable bonds is 8. The van der Waals surface area contributed by atoms with Crippen molar-refractivity contribution in [3.63, 3.8) is 0 Å². The lowest BCUT2D eigenvalue weighted by atomic mass is 10.1. The molecule has 96 valence electrons. The van der Waals surface area contributed by atoms with Crippen LogP contribution in [0.15, 0.2) is 12.2 Å². The fourth-order valence-electron chi connectivity index (χ4n) is 1.21. The van der Waals surface area contributed by atoms with E-state index in [0.717, 1.165) is 31.8 Å². The van der Waals surface area contributed by atoms with Crippen LogP contribution in [0.3, 0.4) is 0 Å². The molecule has 0 aromatic heterocycles. The van der Waals surface area contributed by atoms with Crippen LogP contribution < -0.4 is 0 Å². The Morgan fingerprint density at radius 1 is 1.06 bits per heavy atom. The minimum atomic E-state index is -1.26. The standard InChI is InChI=1S/C12H18O5/c1-2-3-4-5-6-7-11(15)17-12(16)9-8-10(13)14/h8-9H,2-7H2,1H3,(H,13,14)/b9-8+. The van der Waals surface area contributed by atoms with Crippen LogP contribution in [0, 0.1) is 0 Å². The van der Waals surface area contributed by atoms with E-state index in [-0.39, 0.29) is 6.42 Å². The van der Waals surface area contributed by atoms with Gasteiger partial charge in [-0.15, -0.1) is 0 Å². The Balaban J connectivity index is 3.64. The lowest BCUT2D eigenvalue weighted by Gasteiger charge is -2.00. The Morgan fingerprint density at radius 2 is 1.71 bits per heavy atom. The average Bonchev–Trinajstić information content (AvgIpc) is 2.26. The third-order valence-corrected chi connectivity index (χ3v) is 2.06. The van der Waals surface area contributed by atoms with Crippen molar-refractivity contribution in [1.82, 2.24) is 0 Å². The molecule has 0 saturated heterocycles. The Labute approximate surface area is 100 Å². The van der Waals surface area contributed by atoms with E-state index >= 15 is 0 Å². The first-order valence-corrected chi connectivity index (χ1v) is 5.72. The lowest BCUT2D eigenvalue weighted by Crippen LogP contribution is -2.10. The number of hydrogen-bond acceptors (Lipinski definition) is 4. The number of aliphatic carboxylic acids is 1. The molecule has 5 nitrogen and oxygen atoms in total. The maximum absolute atomic E-state index is 11.1. The second-order valence-corrected chi connectivity index (χ2v) is 3.63. The van der Waals surface area contributed by atoms with Crippen LogP contribution in [0.5, 0.6) is 0 Å². The first-order chi connectivity index (χ1) is 8.06. The molecule has 0 fully saturated rings. The van der Waals surface area contributed by atoms with Gasteiger partial charge < -0.3 is 9.84 Å². The number of hydrogen-bond donors (Lipinski definition) is 1. The fraction of sp³-hybridized carbons (Fsp3) is 0.583. The zero-order valence-corrected chi connectivity index (χ0v) is 9.98. The SMILES string of the molecule is CCCCCCCC(=O)OC(=O)/C=C/C(=O)O. The summed E-state index contributed by atoms with van der Waals surface area (Å²) in [6.45, 7) is 2.10. The molecule has 17 heavy (non-hydrogen) atoms. The molecule has 5 heteroatoms. The van der Waals surface area contributed by atoms with Crippen molar-refractivity contribution in [2.45, 2.75) is 45.4 Å². The van der Waals surface area contributed by atoms with Gasteiger partial charge in [0.25, 0.3) is 0 Å². The van der Waals surface area contributed by atoms with Crippen molar-refractivity contribution in [2.75, 3.05) is 0 Å². The molecule has 1 N–H and O–H groups in total. The van der Waals surface area contributed by atoms with Crippen molar-refractivity contribution in [3.8, 4) is 0 Å². The summed E-state index contributed by atoms with van der Waals surface area (Å²) in [5.41, 5.74) is 0. The predicted molar refractivity (Wildman–Crippen MR) is 61.3 cm³/mol. The molecular formula is C12H18O5. The molecule has 0 atom stereocenters. The molecule has 0 radical (unpaired) electrons. The maximum atomic E-state index is 11.1. The number of ether oxygens (including phenoxy) is 1. The lowest BCUT2D eigenvalue weighted by molar-refractivity contribution is -0.156. The summed E-state index contributed by atoms with van der Waals surface area (Å²) in [7, 11) is 0. The quantitative estimate of drug-likeness (QED) is 0.305. The van der Waals surface area contributed by atoms with E-state index in [1.54, 1.807) is 0 Å². The number of carboxylic acid groups (broad SMARTS) is 1. The first-order valence-electron chi connectivity index (χ1n) is 5.72. The minimum absolute atomic E-state index is 0.191. The summed E-state index contributed by atoms with van der Waals surface area (Å²) in [6.07, 6.45) is 6.50. The van der Waals surface area contributed by atoms with E-state index in [9.17, 15) is 14.4 Å². The average molecular weight is 242 g/mol. The molecule has 0 aromatic rings. The summed E-state index contributed by atoms with van der Waals surface area (Å²) in [4.78, 5) is 32.1. The van der Waals surface area contributed by atoms with Crippen LogP contribution in [0.4, 0.5) is 0 Å². The third-order valence-electron chi connectivity index (χ3n) is 2.06. The van der Waals surface area contributed by atoms with E-state index in [4.69, 9.17) is 5.11 Å². The Kier molecular flexibility index (Phi) is 8.64. The van der Waals surface area contributed by atoms with Gasteiger partial charge in [-0.1, -0.05) is 32.6 Å². The molecule has 0 unspecified atom stereocenters. The van der Waals surface area contributed by atoms with E-state index in [2.05, 4.69) is 11.7 Å². The minimum Gasteiger partial charge on any atom is -0.478 e. The molecule has 0 spiro atoms. The van der Waals surface area contributed by atoms with Crippen molar-refractivity contribution < 1.29 is 24.2 Å². The van der Waals surface area contributed by atoms with Gasteiger partial charge in [0.1, 0.15) is 0 Å². The number of unbranched alkanes of at least 4 members (excludes halogenated alkanes) is 4. The van der Waals surface area contributed by atoms with Gasteiger partial charge in [0.15, 0.2) is 0 Å². The summed E-state index contributed by atoms with van der Waals surface area (Å²) in [6, 6.07) is 0. The van der Waals surface area contributed by atoms with Crippen LogP contribution in [-0.4, -0.2) is 23.0 Å². The Morgan fingerprint density at radius 3 is 2.29 bits per heavy atom. The molecule has 0 amide bonds. The topological polar surface area (TPSA) is 80.7 Å². The van der Waals surface area contributed by atoms with Gasteiger partial charge in [0.2, 0.25) is 0 Å². The van der Waals surface area contributed by atoms with Crippen LogP contribution in [0.25, 0.3) is 0 Å². The smallest absolute Gasteiger partial charge is 0.338 e. The Bertz CT molecular complexity index is 293. The zero-order chi connectivity index (χ0) is 13.1. The fourth-order valence-corrected chi connectivity index (χ4v) is 1.21. The van der Waals surface area contributed by atoms with Gasteiger partial charge in [-0.25, -0.2) is 9.59 Å². The molecule has 0 aliphatic rings. The monoisotopic (exact) mass is 242 g/mol. The molecular weight excluding hydrogens is 224 g/mol. The first kappa shape index (κ1) is 15.3. The van der Waals surface area contributed by atoms with E-state index in [1.807, 2.05) is 0 Å². The van der Waals surface area contributed by atoms with Crippen LogP contribution in [0.2, 0.25) is 0 Å². The number of esters is 2. The highest BCUT2D eigenvalue weighted by molar-refractivity contribution is 5.95. The van der Waals surface area contributed by atoms with Gasteiger partial charge >= 0.3 is 17.9 Å². The highest BCUT2D eigenvalue weighted by atomic mass is 16.6. The molecule has 0 aliphatic heterocycles. The van der Waals surface area contributed by atoms with Gasteiger partial charge in [0.05, 0.1) is 0 Å². The molecule has 0 rings (SSSR count). The largest absolute Gasteiger partial charge is 0.478 e. The summed E-state index contributed by atoms with van der Waals surface area (Å²) in [5.74, 6) is -2.80. The summed E-state index contributed by atoms with van der Waals surface area (Å²) >= 11 is 0. The predicted octanol–water partition coefficient (Wildman–Crippen LogP) is 2.06. The van der Waals surface area contributed by atoms with E-state index < -0.39 is 17.9 Å². The van der Waals surface area contributed by atoms with Crippen LogP contribution in [0.1, 0.15) is 45.4 Å². The zero-order valence-electron chi connectivity index (χ0n) is 9.98. The molecule has 0 saturated carbocycles. The normalized spacial score (nSPS) is 10.4. The van der Waals surface area contributed by atoms with Crippen molar-refractivity contribution in [2.24, 2.45) is 0 Å². The number of carbonyl (C=O) groups excluding carboxylic acids is 2. The van der Waals surface area contributed by atoms with Crippen molar-refractivity contribution >= 4 is 17.9 Å². The van der Waals surface area contributed by atoms with Gasteiger partial charge in [0, 0.05) is 18.6 Å². The number of carboxylic acids is 1. The van der Waals surface area contributed by atoms with Crippen molar-refractivity contribution in [1.29, 1.82) is 0 Å². The second kappa shape index (κ2) is 9.57. The summed E-state index contributed by atoms with van der Waals surface area (Å²) in [5, 5.41) is 8.24.